The van der Waals surface area contributed by atoms with Crippen molar-refractivity contribution in [1.29, 1.82) is 0 Å². The van der Waals surface area contributed by atoms with Crippen molar-refractivity contribution in [3.05, 3.63) is 0 Å². The van der Waals surface area contributed by atoms with Crippen LogP contribution in [-0.2, 0) is 10.2 Å². The number of alkyl halides is 3. The van der Waals surface area contributed by atoms with Crippen LogP contribution in [0.1, 0.15) is 26.7 Å². The third-order valence-corrected chi connectivity index (χ3v) is 6.14. The number of halogens is 3. The largest absolute Gasteiger partial charge is 0.418 e. The molecule has 9 heteroatoms. The molecule has 0 bridgehead atoms. The van der Waals surface area contributed by atoms with Gasteiger partial charge in [-0.2, -0.15) is 30.2 Å². The zero-order valence-corrected chi connectivity index (χ0v) is 12.9. The average molecular weight is 330 g/mol. The van der Waals surface area contributed by atoms with E-state index in [1.165, 1.54) is 4.31 Å². The molecule has 0 saturated carbocycles. The van der Waals surface area contributed by atoms with Gasteiger partial charge >= 0.3 is 6.18 Å². The maximum absolute atomic E-state index is 12.8. The van der Waals surface area contributed by atoms with Gasteiger partial charge in [0.25, 0.3) is 10.2 Å². The Morgan fingerprint density at radius 3 is 2.10 bits per heavy atom. The van der Waals surface area contributed by atoms with E-state index in [0.29, 0.717) is 13.1 Å². The number of piperidine rings is 1. The van der Waals surface area contributed by atoms with Crippen LogP contribution in [0.25, 0.3) is 0 Å². The molecule has 2 heterocycles. The second kappa shape index (κ2) is 5.36. The first-order valence-electron chi connectivity index (χ1n) is 7.00. The SMILES string of the molecule is C[C@@H]1C[C@H](C)CN(S(=O)(=O)N2CC[C@](O)(C(F)(F)F)C2)C1. The number of hydrogen-bond donors (Lipinski definition) is 1. The van der Waals surface area contributed by atoms with Crippen LogP contribution < -0.4 is 0 Å². The first-order chi connectivity index (χ1) is 9.46. The van der Waals surface area contributed by atoms with Crippen LogP contribution in [-0.4, -0.2) is 60.1 Å². The zero-order chi connectivity index (χ0) is 16.1. The van der Waals surface area contributed by atoms with Crippen molar-refractivity contribution in [2.75, 3.05) is 26.2 Å². The standard InChI is InChI=1S/C12H21F3N2O3S/c1-9-5-10(2)7-17(6-9)21(19,20)16-4-3-11(18,8-16)12(13,14)15/h9-10,18H,3-8H2,1-2H3/t9-,10+,11-/m1/s1. The Balaban J connectivity index is 2.15. The van der Waals surface area contributed by atoms with Gasteiger partial charge in [-0.25, -0.2) is 0 Å². The predicted molar refractivity (Wildman–Crippen MR) is 70.6 cm³/mol. The lowest BCUT2D eigenvalue weighted by atomic mass is 9.94. The van der Waals surface area contributed by atoms with Crippen molar-refractivity contribution < 1.29 is 26.7 Å². The van der Waals surface area contributed by atoms with Gasteiger partial charge in [0.15, 0.2) is 5.60 Å². The Labute approximate surface area is 122 Å². The molecule has 2 rings (SSSR count). The summed E-state index contributed by atoms with van der Waals surface area (Å²) in [4.78, 5) is 0. The van der Waals surface area contributed by atoms with Crippen LogP contribution in [0.4, 0.5) is 13.2 Å². The molecule has 0 aliphatic carbocycles. The summed E-state index contributed by atoms with van der Waals surface area (Å²) in [6.45, 7) is 3.25. The smallest absolute Gasteiger partial charge is 0.379 e. The normalized spacial score (nSPS) is 37.0. The highest BCUT2D eigenvalue weighted by atomic mass is 32.2. The first-order valence-corrected chi connectivity index (χ1v) is 8.40. The van der Waals surface area contributed by atoms with Crippen molar-refractivity contribution in [2.24, 2.45) is 11.8 Å². The van der Waals surface area contributed by atoms with E-state index in [1.807, 2.05) is 13.8 Å². The molecule has 2 aliphatic rings. The summed E-state index contributed by atoms with van der Waals surface area (Å²) in [5.74, 6) is 0.347. The molecule has 1 N–H and O–H groups in total. The maximum Gasteiger partial charge on any atom is 0.418 e. The van der Waals surface area contributed by atoms with E-state index in [0.717, 1.165) is 10.7 Å². The minimum atomic E-state index is -4.82. The fourth-order valence-corrected chi connectivity index (χ4v) is 5.06. The molecule has 2 fully saturated rings. The third-order valence-electron chi connectivity index (χ3n) is 4.23. The summed E-state index contributed by atoms with van der Waals surface area (Å²) in [5, 5.41) is 9.61. The van der Waals surface area contributed by atoms with Crippen molar-refractivity contribution in [3.63, 3.8) is 0 Å². The first kappa shape index (κ1) is 17.0. The van der Waals surface area contributed by atoms with Gasteiger partial charge in [-0.3, -0.25) is 0 Å². The van der Waals surface area contributed by atoms with E-state index < -0.39 is 35.0 Å². The van der Waals surface area contributed by atoms with Gasteiger partial charge < -0.3 is 5.11 Å². The fraction of sp³-hybridized carbons (Fsp3) is 1.00. The summed E-state index contributed by atoms with van der Waals surface area (Å²) in [6.07, 6.45) is -4.53. The van der Waals surface area contributed by atoms with E-state index in [-0.39, 0.29) is 18.4 Å². The minimum absolute atomic E-state index is 0.174. The van der Waals surface area contributed by atoms with Crippen LogP contribution in [0.5, 0.6) is 0 Å². The van der Waals surface area contributed by atoms with E-state index in [2.05, 4.69) is 0 Å². The molecule has 0 amide bonds. The van der Waals surface area contributed by atoms with Crippen LogP contribution in [0.2, 0.25) is 0 Å². The number of rotatable bonds is 2. The summed E-state index contributed by atoms with van der Waals surface area (Å²) in [7, 11) is -3.95. The highest BCUT2D eigenvalue weighted by Gasteiger charge is 2.59. The minimum Gasteiger partial charge on any atom is -0.379 e. The molecule has 3 atom stereocenters. The van der Waals surface area contributed by atoms with E-state index in [9.17, 15) is 26.7 Å². The van der Waals surface area contributed by atoms with Gasteiger partial charge in [0, 0.05) is 26.1 Å². The van der Waals surface area contributed by atoms with Gasteiger partial charge in [0.05, 0.1) is 6.54 Å². The Kier molecular flexibility index (Phi) is 4.34. The molecule has 0 unspecified atom stereocenters. The zero-order valence-electron chi connectivity index (χ0n) is 12.1. The molecule has 2 saturated heterocycles. The molecule has 0 radical (unpaired) electrons. The molecule has 124 valence electrons. The lowest BCUT2D eigenvalue weighted by Crippen LogP contribution is -2.52. The van der Waals surface area contributed by atoms with Crippen molar-refractivity contribution >= 4 is 10.2 Å². The quantitative estimate of drug-likeness (QED) is 0.828. The van der Waals surface area contributed by atoms with E-state index in [1.54, 1.807) is 0 Å². The number of hydrogen-bond acceptors (Lipinski definition) is 3. The highest BCUT2D eigenvalue weighted by Crippen LogP contribution is 2.39. The Morgan fingerprint density at radius 2 is 1.67 bits per heavy atom. The Bertz CT molecular complexity index is 486. The highest BCUT2D eigenvalue weighted by molar-refractivity contribution is 7.86. The van der Waals surface area contributed by atoms with E-state index in [4.69, 9.17) is 0 Å². The molecule has 0 aromatic rings. The molecule has 0 aromatic carbocycles. The van der Waals surface area contributed by atoms with E-state index >= 15 is 0 Å². The van der Waals surface area contributed by atoms with Crippen LogP contribution >= 0.6 is 0 Å². The molecule has 21 heavy (non-hydrogen) atoms. The van der Waals surface area contributed by atoms with Crippen molar-refractivity contribution in [2.45, 2.75) is 38.5 Å². The second-order valence-corrected chi connectivity index (χ2v) is 8.31. The number of β-amino-alcohol motifs (C(OH)–C–C–N with tert-alkyl or cyclic N) is 1. The average Bonchev–Trinajstić information content (AvgIpc) is 2.72. The Morgan fingerprint density at radius 1 is 1.14 bits per heavy atom. The molecule has 5 nitrogen and oxygen atoms in total. The van der Waals surface area contributed by atoms with Gasteiger partial charge in [0.2, 0.25) is 0 Å². The van der Waals surface area contributed by atoms with Gasteiger partial charge in [-0.15, -0.1) is 0 Å². The van der Waals surface area contributed by atoms with Crippen LogP contribution in [0.3, 0.4) is 0 Å². The van der Waals surface area contributed by atoms with Crippen molar-refractivity contribution in [1.82, 2.24) is 8.61 Å². The predicted octanol–water partition coefficient (Wildman–Crippen LogP) is 1.21. The fourth-order valence-electron chi connectivity index (χ4n) is 3.15. The molecular weight excluding hydrogens is 309 g/mol. The Hall–Kier alpha value is -0.380. The third kappa shape index (κ3) is 3.20. The molecule has 0 spiro atoms. The summed E-state index contributed by atoms with van der Waals surface area (Å²) < 4.78 is 65.3. The molecule has 2 aliphatic heterocycles. The van der Waals surface area contributed by atoms with Gasteiger partial charge in [-0.1, -0.05) is 13.8 Å². The second-order valence-electron chi connectivity index (χ2n) is 6.38. The maximum atomic E-state index is 12.8. The summed E-state index contributed by atoms with van der Waals surface area (Å²) in [5.41, 5.74) is -2.94. The topological polar surface area (TPSA) is 60.9 Å². The molecule has 0 aromatic heterocycles. The summed E-state index contributed by atoms with van der Waals surface area (Å²) >= 11 is 0. The number of nitrogens with zero attached hydrogens (tertiary/aromatic N) is 2. The lowest BCUT2D eigenvalue weighted by molar-refractivity contribution is -0.252. The van der Waals surface area contributed by atoms with Gasteiger partial charge in [0.1, 0.15) is 0 Å². The number of aliphatic hydroxyl groups is 1. The molecular formula is C12H21F3N2O3S. The monoisotopic (exact) mass is 330 g/mol. The lowest BCUT2D eigenvalue weighted by Gasteiger charge is -2.36. The van der Waals surface area contributed by atoms with Crippen LogP contribution in [0, 0.1) is 11.8 Å². The van der Waals surface area contributed by atoms with Crippen LogP contribution in [0.15, 0.2) is 0 Å². The van der Waals surface area contributed by atoms with Gasteiger partial charge in [-0.05, 0) is 18.3 Å². The summed E-state index contributed by atoms with van der Waals surface area (Å²) in [6, 6.07) is 0. The van der Waals surface area contributed by atoms with Crippen molar-refractivity contribution in [3.8, 4) is 0 Å².